The van der Waals surface area contributed by atoms with E-state index in [9.17, 15) is 13.9 Å². The molecule has 0 bridgehead atoms. The molecule has 0 atom stereocenters. The molecule has 1 rings (SSSR count). The third-order valence-electron chi connectivity index (χ3n) is 1.72. The Bertz CT molecular complexity index is 387. The SMILES string of the molecule is N#Cc1ncc(CN)c(C(F)F)c1O. The molecule has 0 spiro atoms. The Balaban J connectivity index is 3.41. The van der Waals surface area contributed by atoms with Gasteiger partial charge in [-0.1, -0.05) is 0 Å². The van der Waals surface area contributed by atoms with E-state index in [0.717, 1.165) is 6.20 Å². The first-order valence-corrected chi connectivity index (χ1v) is 3.70. The molecule has 1 aromatic rings. The van der Waals surface area contributed by atoms with Crippen LogP contribution >= 0.6 is 0 Å². The molecule has 0 unspecified atom stereocenters. The van der Waals surface area contributed by atoms with E-state index in [2.05, 4.69) is 4.98 Å². The highest BCUT2D eigenvalue weighted by Crippen LogP contribution is 2.32. The van der Waals surface area contributed by atoms with Crippen LogP contribution in [-0.4, -0.2) is 10.1 Å². The summed E-state index contributed by atoms with van der Waals surface area (Å²) in [7, 11) is 0. The summed E-state index contributed by atoms with van der Waals surface area (Å²) < 4.78 is 24.9. The molecule has 1 heterocycles. The van der Waals surface area contributed by atoms with E-state index < -0.39 is 23.4 Å². The smallest absolute Gasteiger partial charge is 0.267 e. The molecule has 74 valence electrons. The van der Waals surface area contributed by atoms with Gasteiger partial charge in [0.1, 0.15) is 6.07 Å². The van der Waals surface area contributed by atoms with Crippen LogP contribution in [0.25, 0.3) is 0 Å². The van der Waals surface area contributed by atoms with Gasteiger partial charge in [-0.2, -0.15) is 5.26 Å². The zero-order chi connectivity index (χ0) is 10.7. The average Bonchev–Trinajstić information content (AvgIpc) is 2.16. The number of rotatable bonds is 2. The first-order valence-electron chi connectivity index (χ1n) is 3.70. The Morgan fingerprint density at radius 3 is 2.71 bits per heavy atom. The zero-order valence-electron chi connectivity index (χ0n) is 7.04. The van der Waals surface area contributed by atoms with Crippen LogP contribution in [0.5, 0.6) is 5.75 Å². The van der Waals surface area contributed by atoms with Gasteiger partial charge in [-0.25, -0.2) is 13.8 Å². The third kappa shape index (κ3) is 1.63. The van der Waals surface area contributed by atoms with Gasteiger partial charge in [0, 0.05) is 12.7 Å². The standard InChI is InChI=1S/C8H7F2N3O/c9-8(10)6-4(1-11)3-13-5(2-12)7(6)14/h3,8,14H,1,11H2. The molecule has 0 aliphatic carbocycles. The quantitative estimate of drug-likeness (QED) is 0.745. The minimum atomic E-state index is -2.87. The number of hydrogen-bond donors (Lipinski definition) is 2. The normalized spacial score (nSPS) is 10.2. The number of nitrogens with two attached hydrogens (primary N) is 1. The maximum Gasteiger partial charge on any atom is 0.267 e. The summed E-state index contributed by atoms with van der Waals surface area (Å²) in [4.78, 5) is 3.49. The molecule has 3 N–H and O–H groups in total. The van der Waals surface area contributed by atoms with Crippen LogP contribution in [0.1, 0.15) is 23.2 Å². The maximum atomic E-state index is 12.4. The second kappa shape index (κ2) is 3.98. The molecule has 0 fully saturated rings. The number of alkyl halides is 2. The van der Waals surface area contributed by atoms with E-state index in [4.69, 9.17) is 11.0 Å². The predicted octanol–water partition coefficient (Wildman–Crippen LogP) is 1.06. The van der Waals surface area contributed by atoms with Crippen molar-refractivity contribution < 1.29 is 13.9 Å². The van der Waals surface area contributed by atoms with Gasteiger partial charge >= 0.3 is 0 Å². The number of halogens is 2. The van der Waals surface area contributed by atoms with Gasteiger partial charge in [0.25, 0.3) is 6.43 Å². The first-order chi connectivity index (χ1) is 6.61. The van der Waals surface area contributed by atoms with Crippen LogP contribution in [0.2, 0.25) is 0 Å². The van der Waals surface area contributed by atoms with Gasteiger partial charge in [-0.05, 0) is 5.56 Å². The second-order valence-electron chi connectivity index (χ2n) is 2.51. The Morgan fingerprint density at radius 1 is 1.64 bits per heavy atom. The molecular formula is C8H7F2N3O. The minimum Gasteiger partial charge on any atom is -0.505 e. The van der Waals surface area contributed by atoms with Gasteiger partial charge in [-0.15, -0.1) is 0 Å². The fourth-order valence-corrected chi connectivity index (χ4v) is 1.04. The van der Waals surface area contributed by atoms with Crippen LogP contribution in [0, 0.1) is 11.3 Å². The average molecular weight is 199 g/mol. The molecule has 14 heavy (non-hydrogen) atoms. The highest BCUT2D eigenvalue weighted by Gasteiger charge is 2.20. The largest absolute Gasteiger partial charge is 0.505 e. The summed E-state index contributed by atoms with van der Waals surface area (Å²) in [5.41, 5.74) is 4.19. The Kier molecular flexibility index (Phi) is 2.94. The third-order valence-corrected chi connectivity index (χ3v) is 1.72. The van der Waals surface area contributed by atoms with Gasteiger partial charge in [0.05, 0.1) is 5.56 Å². The van der Waals surface area contributed by atoms with Gasteiger partial charge in [0.2, 0.25) is 0 Å². The molecule has 0 aliphatic heterocycles. The highest BCUT2D eigenvalue weighted by molar-refractivity contribution is 5.47. The lowest BCUT2D eigenvalue weighted by Gasteiger charge is -2.08. The van der Waals surface area contributed by atoms with E-state index in [1.54, 1.807) is 0 Å². The fraction of sp³-hybridized carbons (Fsp3) is 0.250. The lowest BCUT2D eigenvalue weighted by atomic mass is 10.1. The topological polar surface area (TPSA) is 82.9 Å². The van der Waals surface area contributed by atoms with Crippen molar-refractivity contribution in [1.82, 2.24) is 4.98 Å². The lowest BCUT2D eigenvalue weighted by molar-refractivity contribution is 0.146. The number of aromatic hydroxyl groups is 1. The molecule has 0 aliphatic rings. The summed E-state index contributed by atoms with van der Waals surface area (Å²) in [6, 6.07) is 1.51. The lowest BCUT2D eigenvalue weighted by Crippen LogP contribution is -2.04. The molecular weight excluding hydrogens is 192 g/mol. The maximum absolute atomic E-state index is 12.4. The molecule has 0 amide bonds. The number of nitrogens with zero attached hydrogens (tertiary/aromatic N) is 2. The van der Waals surface area contributed by atoms with Crippen LogP contribution in [0.3, 0.4) is 0 Å². The van der Waals surface area contributed by atoms with Crippen molar-refractivity contribution in [1.29, 1.82) is 5.26 Å². The van der Waals surface area contributed by atoms with Gasteiger partial charge < -0.3 is 10.8 Å². The molecule has 0 radical (unpaired) electrons. The number of nitriles is 1. The van der Waals surface area contributed by atoms with E-state index in [0.29, 0.717) is 0 Å². The fourth-order valence-electron chi connectivity index (χ4n) is 1.04. The zero-order valence-corrected chi connectivity index (χ0v) is 7.04. The van der Waals surface area contributed by atoms with Gasteiger partial charge in [-0.3, -0.25) is 0 Å². The van der Waals surface area contributed by atoms with E-state index >= 15 is 0 Å². The summed E-state index contributed by atoms with van der Waals surface area (Å²) in [5, 5.41) is 17.7. The van der Waals surface area contributed by atoms with Crippen molar-refractivity contribution in [3.8, 4) is 11.8 Å². The molecule has 0 saturated heterocycles. The molecule has 6 heteroatoms. The first kappa shape index (κ1) is 10.3. The molecule has 0 saturated carbocycles. The summed E-state index contributed by atoms with van der Waals surface area (Å²) in [6.07, 6.45) is -1.80. The summed E-state index contributed by atoms with van der Waals surface area (Å²) in [5.74, 6) is -0.787. The van der Waals surface area contributed by atoms with Crippen LogP contribution < -0.4 is 5.73 Å². The second-order valence-corrected chi connectivity index (χ2v) is 2.51. The summed E-state index contributed by atoms with van der Waals surface area (Å²) in [6.45, 7) is -0.161. The van der Waals surface area contributed by atoms with Crippen molar-refractivity contribution in [2.24, 2.45) is 5.73 Å². The highest BCUT2D eigenvalue weighted by atomic mass is 19.3. The predicted molar refractivity (Wildman–Crippen MR) is 43.5 cm³/mol. The summed E-state index contributed by atoms with van der Waals surface area (Å²) >= 11 is 0. The van der Waals surface area contributed by atoms with E-state index in [-0.39, 0.29) is 12.1 Å². The van der Waals surface area contributed by atoms with Crippen molar-refractivity contribution in [3.63, 3.8) is 0 Å². The van der Waals surface area contributed by atoms with Crippen LogP contribution in [0.15, 0.2) is 6.20 Å². The van der Waals surface area contributed by atoms with E-state index in [1.165, 1.54) is 6.07 Å². The molecule has 0 aromatic carbocycles. The Labute approximate surface area is 78.6 Å². The van der Waals surface area contributed by atoms with Crippen LogP contribution in [0.4, 0.5) is 8.78 Å². The van der Waals surface area contributed by atoms with Crippen molar-refractivity contribution in [2.75, 3.05) is 0 Å². The van der Waals surface area contributed by atoms with E-state index in [1.807, 2.05) is 0 Å². The number of pyridine rings is 1. The Morgan fingerprint density at radius 2 is 2.29 bits per heavy atom. The molecule has 1 aromatic heterocycles. The Hall–Kier alpha value is -1.74. The van der Waals surface area contributed by atoms with Crippen molar-refractivity contribution in [2.45, 2.75) is 13.0 Å². The monoisotopic (exact) mass is 199 g/mol. The molecule has 4 nitrogen and oxygen atoms in total. The minimum absolute atomic E-state index is 0.0384. The van der Waals surface area contributed by atoms with Crippen molar-refractivity contribution >= 4 is 0 Å². The van der Waals surface area contributed by atoms with Crippen molar-refractivity contribution in [3.05, 3.63) is 23.0 Å². The number of hydrogen-bond acceptors (Lipinski definition) is 4. The van der Waals surface area contributed by atoms with Crippen LogP contribution in [-0.2, 0) is 6.54 Å². The van der Waals surface area contributed by atoms with Gasteiger partial charge in [0.15, 0.2) is 11.4 Å². The number of aromatic nitrogens is 1.